The SMILES string of the molecule is COCC(NC(C)c1cncc(F)c1)C(C)C. The fourth-order valence-corrected chi connectivity index (χ4v) is 1.70. The summed E-state index contributed by atoms with van der Waals surface area (Å²) in [6, 6.07) is 1.81. The lowest BCUT2D eigenvalue weighted by Crippen LogP contribution is -2.39. The van der Waals surface area contributed by atoms with E-state index in [9.17, 15) is 4.39 Å². The Kier molecular flexibility index (Phi) is 5.51. The molecule has 3 nitrogen and oxygen atoms in total. The van der Waals surface area contributed by atoms with Gasteiger partial charge in [0.15, 0.2) is 0 Å². The number of hydrogen-bond donors (Lipinski definition) is 1. The van der Waals surface area contributed by atoms with Crippen molar-refractivity contribution in [1.82, 2.24) is 10.3 Å². The molecule has 1 heterocycles. The number of ether oxygens (including phenoxy) is 1. The zero-order valence-corrected chi connectivity index (χ0v) is 10.9. The molecule has 0 aromatic carbocycles. The lowest BCUT2D eigenvalue weighted by Gasteiger charge is -2.26. The lowest BCUT2D eigenvalue weighted by molar-refractivity contribution is 0.141. The molecule has 96 valence electrons. The maximum absolute atomic E-state index is 13.1. The van der Waals surface area contributed by atoms with E-state index in [-0.39, 0.29) is 17.9 Å². The molecule has 0 fully saturated rings. The first-order valence-electron chi connectivity index (χ1n) is 5.90. The minimum absolute atomic E-state index is 0.0562. The van der Waals surface area contributed by atoms with Crippen LogP contribution in [0.15, 0.2) is 18.5 Å². The highest BCUT2D eigenvalue weighted by Crippen LogP contribution is 2.15. The van der Waals surface area contributed by atoms with Gasteiger partial charge in [-0.15, -0.1) is 0 Å². The van der Waals surface area contributed by atoms with Crippen LogP contribution in [0.3, 0.4) is 0 Å². The summed E-state index contributed by atoms with van der Waals surface area (Å²) in [7, 11) is 1.69. The third kappa shape index (κ3) is 4.40. The van der Waals surface area contributed by atoms with Gasteiger partial charge in [0.1, 0.15) is 5.82 Å². The first-order chi connectivity index (χ1) is 8.04. The summed E-state index contributed by atoms with van der Waals surface area (Å²) >= 11 is 0. The number of nitrogens with zero attached hydrogens (tertiary/aromatic N) is 1. The maximum Gasteiger partial charge on any atom is 0.141 e. The Morgan fingerprint density at radius 1 is 1.35 bits per heavy atom. The standard InChI is InChI=1S/C13H21FN2O/c1-9(2)13(8-17-4)16-10(3)11-5-12(14)7-15-6-11/h5-7,9-10,13,16H,8H2,1-4H3. The van der Waals surface area contributed by atoms with Gasteiger partial charge >= 0.3 is 0 Å². The van der Waals surface area contributed by atoms with E-state index < -0.39 is 0 Å². The third-order valence-electron chi connectivity index (χ3n) is 2.84. The fourth-order valence-electron chi connectivity index (χ4n) is 1.70. The van der Waals surface area contributed by atoms with Gasteiger partial charge in [-0.3, -0.25) is 4.98 Å². The zero-order chi connectivity index (χ0) is 12.8. The van der Waals surface area contributed by atoms with Gasteiger partial charge in [0, 0.05) is 25.4 Å². The molecule has 1 N–H and O–H groups in total. The van der Waals surface area contributed by atoms with Gasteiger partial charge in [-0.2, -0.15) is 0 Å². The van der Waals surface area contributed by atoms with Crippen LogP contribution in [-0.4, -0.2) is 24.7 Å². The van der Waals surface area contributed by atoms with Gasteiger partial charge in [-0.1, -0.05) is 13.8 Å². The highest BCUT2D eigenvalue weighted by molar-refractivity contribution is 5.14. The second kappa shape index (κ2) is 6.67. The number of hydrogen-bond acceptors (Lipinski definition) is 3. The summed E-state index contributed by atoms with van der Waals surface area (Å²) < 4.78 is 18.2. The third-order valence-corrected chi connectivity index (χ3v) is 2.84. The highest BCUT2D eigenvalue weighted by atomic mass is 19.1. The number of aromatic nitrogens is 1. The van der Waals surface area contributed by atoms with E-state index in [0.29, 0.717) is 12.5 Å². The molecule has 0 radical (unpaired) electrons. The topological polar surface area (TPSA) is 34.1 Å². The largest absolute Gasteiger partial charge is 0.383 e. The van der Waals surface area contributed by atoms with Crippen molar-refractivity contribution in [2.24, 2.45) is 5.92 Å². The molecule has 2 unspecified atom stereocenters. The van der Waals surface area contributed by atoms with Crippen LogP contribution in [0.25, 0.3) is 0 Å². The molecule has 17 heavy (non-hydrogen) atoms. The Labute approximate surface area is 102 Å². The van der Waals surface area contributed by atoms with Gasteiger partial charge < -0.3 is 10.1 Å². The molecule has 0 saturated carbocycles. The summed E-state index contributed by atoms with van der Waals surface area (Å²) in [5.74, 6) is 0.155. The molecule has 1 aromatic rings. The molecule has 0 aliphatic carbocycles. The number of halogens is 1. The number of pyridine rings is 1. The van der Waals surface area contributed by atoms with Crippen molar-refractivity contribution in [2.45, 2.75) is 32.9 Å². The Bertz CT molecular complexity index is 344. The van der Waals surface area contributed by atoms with Crippen LogP contribution >= 0.6 is 0 Å². The summed E-state index contributed by atoms with van der Waals surface area (Å²) in [6.07, 6.45) is 2.90. The predicted molar refractivity (Wildman–Crippen MR) is 66.2 cm³/mol. The van der Waals surface area contributed by atoms with Crippen LogP contribution in [0.4, 0.5) is 4.39 Å². The molecular weight excluding hydrogens is 219 g/mol. The minimum Gasteiger partial charge on any atom is -0.383 e. The average Bonchev–Trinajstić information content (AvgIpc) is 2.28. The molecule has 0 bridgehead atoms. The van der Waals surface area contributed by atoms with E-state index in [4.69, 9.17) is 4.74 Å². The number of rotatable bonds is 6. The number of methoxy groups -OCH3 is 1. The van der Waals surface area contributed by atoms with Crippen LogP contribution in [0.2, 0.25) is 0 Å². The molecular formula is C13H21FN2O. The lowest BCUT2D eigenvalue weighted by atomic mass is 10.0. The van der Waals surface area contributed by atoms with Crippen molar-refractivity contribution in [1.29, 1.82) is 0 Å². The van der Waals surface area contributed by atoms with Crippen molar-refractivity contribution in [3.63, 3.8) is 0 Å². The molecule has 1 rings (SSSR count). The molecule has 0 saturated heterocycles. The molecule has 0 aliphatic rings. The van der Waals surface area contributed by atoms with Gasteiger partial charge in [0.05, 0.1) is 12.8 Å². The Hall–Kier alpha value is -1.00. The Morgan fingerprint density at radius 2 is 2.06 bits per heavy atom. The molecule has 1 aromatic heterocycles. The molecule has 4 heteroatoms. The van der Waals surface area contributed by atoms with E-state index >= 15 is 0 Å². The average molecular weight is 240 g/mol. The first kappa shape index (κ1) is 14.1. The van der Waals surface area contributed by atoms with Crippen LogP contribution in [0.5, 0.6) is 0 Å². The highest BCUT2D eigenvalue weighted by Gasteiger charge is 2.17. The number of nitrogens with one attached hydrogen (secondary N) is 1. The van der Waals surface area contributed by atoms with Crippen LogP contribution in [-0.2, 0) is 4.74 Å². The van der Waals surface area contributed by atoms with Crippen LogP contribution < -0.4 is 5.32 Å². The van der Waals surface area contributed by atoms with Crippen LogP contribution in [0.1, 0.15) is 32.4 Å². The Balaban J connectivity index is 2.66. The van der Waals surface area contributed by atoms with Gasteiger partial charge in [-0.25, -0.2) is 4.39 Å². The fraction of sp³-hybridized carbons (Fsp3) is 0.615. The van der Waals surface area contributed by atoms with Gasteiger partial charge in [-0.05, 0) is 24.5 Å². The van der Waals surface area contributed by atoms with Crippen molar-refractivity contribution >= 4 is 0 Å². The maximum atomic E-state index is 13.1. The zero-order valence-electron chi connectivity index (χ0n) is 10.9. The molecule has 0 amide bonds. The van der Waals surface area contributed by atoms with Gasteiger partial charge in [0.2, 0.25) is 0 Å². The van der Waals surface area contributed by atoms with E-state index in [0.717, 1.165) is 5.56 Å². The first-order valence-corrected chi connectivity index (χ1v) is 5.90. The predicted octanol–water partition coefficient (Wildman–Crippen LogP) is 2.54. The summed E-state index contributed by atoms with van der Waals surface area (Å²) in [6.45, 7) is 6.91. The summed E-state index contributed by atoms with van der Waals surface area (Å²) in [4.78, 5) is 3.86. The molecule has 2 atom stereocenters. The van der Waals surface area contributed by atoms with Crippen molar-refractivity contribution in [3.8, 4) is 0 Å². The van der Waals surface area contributed by atoms with E-state index in [1.54, 1.807) is 13.3 Å². The normalized spacial score (nSPS) is 14.9. The Morgan fingerprint density at radius 3 is 2.59 bits per heavy atom. The van der Waals surface area contributed by atoms with E-state index in [2.05, 4.69) is 24.1 Å². The monoisotopic (exact) mass is 240 g/mol. The molecule has 0 aliphatic heterocycles. The van der Waals surface area contributed by atoms with Crippen molar-refractivity contribution < 1.29 is 9.13 Å². The minimum atomic E-state index is -0.302. The van der Waals surface area contributed by atoms with E-state index in [1.807, 2.05) is 6.92 Å². The van der Waals surface area contributed by atoms with Crippen molar-refractivity contribution in [2.75, 3.05) is 13.7 Å². The van der Waals surface area contributed by atoms with E-state index in [1.165, 1.54) is 12.3 Å². The second-order valence-corrected chi connectivity index (χ2v) is 4.63. The summed E-state index contributed by atoms with van der Waals surface area (Å²) in [5, 5.41) is 3.43. The smallest absolute Gasteiger partial charge is 0.141 e. The van der Waals surface area contributed by atoms with Crippen molar-refractivity contribution in [3.05, 3.63) is 29.8 Å². The molecule has 0 spiro atoms. The van der Waals surface area contributed by atoms with Gasteiger partial charge in [0.25, 0.3) is 0 Å². The van der Waals surface area contributed by atoms with Crippen LogP contribution in [0, 0.1) is 11.7 Å². The quantitative estimate of drug-likeness (QED) is 0.829. The second-order valence-electron chi connectivity index (χ2n) is 4.63. The summed E-state index contributed by atoms with van der Waals surface area (Å²) in [5.41, 5.74) is 0.853.